The number of fused-ring (bicyclic) bond motifs is 1. The van der Waals surface area contributed by atoms with Gasteiger partial charge in [0.25, 0.3) is 0 Å². The lowest BCUT2D eigenvalue weighted by molar-refractivity contribution is 0.184. The summed E-state index contributed by atoms with van der Waals surface area (Å²) >= 11 is 0. The average molecular weight is 311 g/mol. The van der Waals surface area contributed by atoms with Crippen LogP contribution in [-0.2, 0) is 0 Å². The van der Waals surface area contributed by atoms with E-state index in [1.54, 1.807) is 0 Å². The van der Waals surface area contributed by atoms with Crippen LogP contribution >= 0.6 is 0 Å². The highest BCUT2D eigenvalue weighted by Gasteiger charge is 2.23. The number of aromatic nitrogens is 2. The van der Waals surface area contributed by atoms with Crippen molar-refractivity contribution in [2.75, 3.05) is 19.6 Å². The quantitative estimate of drug-likeness (QED) is 0.681. The fourth-order valence-corrected chi connectivity index (χ4v) is 3.51. The average Bonchev–Trinajstić information content (AvgIpc) is 2.91. The molecule has 23 heavy (non-hydrogen) atoms. The summed E-state index contributed by atoms with van der Waals surface area (Å²) in [6.45, 7) is 5.21. The zero-order chi connectivity index (χ0) is 16.1. The molecule has 1 fully saturated rings. The van der Waals surface area contributed by atoms with Crippen molar-refractivity contribution in [1.29, 1.82) is 0 Å². The highest BCUT2D eigenvalue weighted by molar-refractivity contribution is 5.75. The van der Waals surface area contributed by atoms with Crippen LogP contribution < -0.4 is 5.69 Å². The van der Waals surface area contributed by atoms with Gasteiger partial charge in [-0.05, 0) is 51.3 Å². The Labute approximate surface area is 137 Å². The summed E-state index contributed by atoms with van der Waals surface area (Å²) in [4.78, 5) is 17.8. The van der Waals surface area contributed by atoms with E-state index in [9.17, 15) is 4.79 Å². The van der Waals surface area contributed by atoms with Crippen molar-refractivity contribution < 1.29 is 0 Å². The topological polar surface area (TPSA) is 41.0 Å². The second-order valence-corrected chi connectivity index (χ2v) is 6.27. The molecule has 4 heteroatoms. The molecule has 0 bridgehead atoms. The number of nitrogens with one attached hydrogen (secondary N) is 1. The Balaban J connectivity index is 1.57. The van der Waals surface area contributed by atoms with Crippen molar-refractivity contribution in [1.82, 2.24) is 14.5 Å². The lowest BCUT2D eigenvalue weighted by Gasteiger charge is -2.32. The number of likely N-dealkylation sites (tertiary alicyclic amines) is 1. The van der Waals surface area contributed by atoms with Gasteiger partial charge in [-0.1, -0.05) is 12.1 Å². The molecule has 122 valence electrons. The summed E-state index contributed by atoms with van der Waals surface area (Å²) in [5, 5.41) is 0. The van der Waals surface area contributed by atoms with Crippen molar-refractivity contribution >= 4 is 11.0 Å². The van der Waals surface area contributed by atoms with Gasteiger partial charge in [-0.15, -0.1) is 11.8 Å². The molecular formula is C19H25N3O. The van der Waals surface area contributed by atoms with Gasteiger partial charge in [0.1, 0.15) is 0 Å². The first kappa shape index (κ1) is 15.9. The predicted octanol–water partition coefficient (Wildman–Crippen LogP) is 3.16. The third-order valence-electron chi connectivity index (χ3n) is 4.75. The largest absolute Gasteiger partial charge is 0.326 e. The molecule has 0 amide bonds. The molecular weight excluding hydrogens is 286 g/mol. The van der Waals surface area contributed by atoms with Crippen LogP contribution in [0.3, 0.4) is 0 Å². The molecule has 0 aliphatic carbocycles. The minimum Gasteiger partial charge on any atom is -0.306 e. The minimum atomic E-state index is 0.0304. The SMILES string of the molecule is CC#CCCCCN1CCC(n2c(=O)[nH]c3ccccc32)CC1. The molecule has 2 heterocycles. The number of piperidine rings is 1. The van der Waals surface area contributed by atoms with Crippen molar-refractivity contribution in [3.8, 4) is 11.8 Å². The van der Waals surface area contributed by atoms with E-state index >= 15 is 0 Å². The first-order chi connectivity index (χ1) is 11.3. The Morgan fingerprint density at radius 1 is 1.22 bits per heavy atom. The van der Waals surface area contributed by atoms with Gasteiger partial charge in [-0.2, -0.15) is 0 Å². The molecule has 0 radical (unpaired) electrons. The maximum atomic E-state index is 12.3. The standard InChI is InChI=1S/C19H25N3O/c1-2-3-4-5-8-13-21-14-11-16(12-15-21)22-18-10-7-6-9-17(18)20-19(22)23/h6-7,9-10,16H,4-5,8,11-15H2,1H3,(H,20,23). The van der Waals surface area contributed by atoms with Crippen LogP contribution in [0.5, 0.6) is 0 Å². The monoisotopic (exact) mass is 311 g/mol. The summed E-state index contributed by atoms with van der Waals surface area (Å²) in [5.74, 6) is 6.07. The van der Waals surface area contributed by atoms with Gasteiger partial charge >= 0.3 is 5.69 Å². The molecule has 4 nitrogen and oxygen atoms in total. The summed E-state index contributed by atoms with van der Waals surface area (Å²) in [5.41, 5.74) is 2.01. The van der Waals surface area contributed by atoms with Crippen LogP contribution in [0.15, 0.2) is 29.1 Å². The number of H-pyrrole nitrogens is 1. The summed E-state index contributed by atoms with van der Waals surface area (Å²) in [7, 11) is 0. The lowest BCUT2D eigenvalue weighted by Crippen LogP contribution is -2.37. The molecule has 1 aliphatic rings. The number of imidazole rings is 1. The molecule has 1 N–H and O–H groups in total. The molecule has 1 aromatic heterocycles. The Bertz CT molecular complexity index is 754. The third-order valence-corrected chi connectivity index (χ3v) is 4.75. The van der Waals surface area contributed by atoms with Crippen molar-refractivity contribution in [3.63, 3.8) is 0 Å². The van der Waals surface area contributed by atoms with Gasteiger partial charge in [-0.3, -0.25) is 4.57 Å². The molecule has 0 spiro atoms. The second kappa shape index (κ2) is 7.52. The Kier molecular flexibility index (Phi) is 5.19. The van der Waals surface area contributed by atoms with Gasteiger partial charge < -0.3 is 9.88 Å². The van der Waals surface area contributed by atoms with Crippen LogP contribution in [0.25, 0.3) is 11.0 Å². The molecule has 1 saturated heterocycles. The maximum Gasteiger partial charge on any atom is 0.326 e. The van der Waals surface area contributed by atoms with Gasteiger partial charge in [-0.25, -0.2) is 4.79 Å². The van der Waals surface area contributed by atoms with E-state index < -0.39 is 0 Å². The number of unbranched alkanes of at least 4 members (excludes halogenated alkanes) is 2. The molecule has 2 aromatic rings. The number of aromatic amines is 1. The number of nitrogens with zero attached hydrogens (tertiary/aromatic N) is 2. The lowest BCUT2D eigenvalue weighted by atomic mass is 10.0. The molecule has 0 unspecified atom stereocenters. The summed E-state index contributed by atoms with van der Waals surface area (Å²) < 4.78 is 1.96. The fraction of sp³-hybridized carbons (Fsp3) is 0.526. The van der Waals surface area contributed by atoms with Gasteiger partial charge in [0.15, 0.2) is 0 Å². The molecule has 3 rings (SSSR count). The summed E-state index contributed by atoms with van der Waals surface area (Å²) in [6, 6.07) is 8.30. The van der Waals surface area contributed by atoms with Crippen LogP contribution in [0.2, 0.25) is 0 Å². The zero-order valence-corrected chi connectivity index (χ0v) is 13.8. The number of hydrogen-bond donors (Lipinski definition) is 1. The highest BCUT2D eigenvalue weighted by atomic mass is 16.1. The summed E-state index contributed by atoms with van der Waals surface area (Å²) in [6.07, 6.45) is 5.51. The predicted molar refractivity (Wildman–Crippen MR) is 94.6 cm³/mol. The van der Waals surface area contributed by atoms with Crippen molar-refractivity contribution in [2.45, 2.75) is 45.1 Å². The molecule has 1 aliphatic heterocycles. The van der Waals surface area contributed by atoms with Gasteiger partial charge in [0, 0.05) is 25.6 Å². The van der Waals surface area contributed by atoms with E-state index in [1.807, 2.05) is 35.8 Å². The smallest absolute Gasteiger partial charge is 0.306 e. The number of rotatable bonds is 5. The molecule has 1 aromatic carbocycles. The first-order valence-corrected chi connectivity index (χ1v) is 8.61. The highest BCUT2D eigenvalue weighted by Crippen LogP contribution is 2.24. The Morgan fingerprint density at radius 2 is 2.00 bits per heavy atom. The van der Waals surface area contributed by atoms with E-state index in [2.05, 4.69) is 21.7 Å². The van der Waals surface area contributed by atoms with Crippen LogP contribution in [0.4, 0.5) is 0 Å². The third kappa shape index (κ3) is 3.68. The van der Waals surface area contributed by atoms with E-state index in [-0.39, 0.29) is 5.69 Å². The van der Waals surface area contributed by atoms with E-state index in [0.717, 1.165) is 49.9 Å². The zero-order valence-electron chi connectivity index (χ0n) is 13.8. The van der Waals surface area contributed by atoms with Crippen LogP contribution in [0, 0.1) is 11.8 Å². The molecule has 0 saturated carbocycles. The number of para-hydroxylation sites is 2. The Hall–Kier alpha value is -1.99. The number of hydrogen-bond acceptors (Lipinski definition) is 2. The van der Waals surface area contributed by atoms with E-state index in [4.69, 9.17) is 0 Å². The Morgan fingerprint density at radius 3 is 2.78 bits per heavy atom. The van der Waals surface area contributed by atoms with E-state index in [1.165, 1.54) is 12.8 Å². The van der Waals surface area contributed by atoms with Crippen LogP contribution in [0.1, 0.15) is 45.1 Å². The van der Waals surface area contributed by atoms with Crippen LogP contribution in [-0.4, -0.2) is 34.1 Å². The van der Waals surface area contributed by atoms with Crippen molar-refractivity contribution in [3.05, 3.63) is 34.7 Å². The second-order valence-electron chi connectivity index (χ2n) is 6.27. The first-order valence-electron chi connectivity index (χ1n) is 8.61. The maximum absolute atomic E-state index is 12.3. The van der Waals surface area contributed by atoms with Crippen molar-refractivity contribution in [2.24, 2.45) is 0 Å². The fourth-order valence-electron chi connectivity index (χ4n) is 3.51. The van der Waals surface area contributed by atoms with Gasteiger partial charge in [0.2, 0.25) is 0 Å². The normalized spacial score (nSPS) is 16.4. The minimum absolute atomic E-state index is 0.0304. The van der Waals surface area contributed by atoms with Gasteiger partial charge in [0.05, 0.1) is 11.0 Å². The molecule has 0 atom stereocenters. The van der Waals surface area contributed by atoms with E-state index in [0.29, 0.717) is 6.04 Å². The number of benzene rings is 1.